The van der Waals surface area contributed by atoms with Crippen LogP contribution in [0, 0.1) is 26.6 Å². The zero-order valence-corrected chi connectivity index (χ0v) is 12.9. The highest BCUT2D eigenvalue weighted by Gasteiger charge is 2.14. The van der Waals surface area contributed by atoms with Crippen LogP contribution in [-0.4, -0.2) is 12.2 Å². The molecule has 0 radical (unpaired) electrons. The number of hydrogen-bond acceptors (Lipinski definition) is 2. The summed E-state index contributed by atoms with van der Waals surface area (Å²) in [5.41, 5.74) is 5.34. The highest BCUT2D eigenvalue weighted by molar-refractivity contribution is 5.39. The predicted octanol–water partition coefficient (Wildman–Crippen LogP) is 4.04. The summed E-state index contributed by atoms with van der Waals surface area (Å²) in [6.45, 7) is 6.16. The number of methoxy groups -OCH3 is 1. The molecule has 0 aliphatic heterocycles. The van der Waals surface area contributed by atoms with Crippen molar-refractivity contribution in [2.24, 2.45) is 0 Å². The van der Waals surface area contributed by atoms with Gasteiger partial charge in [-0.25, -0.2) is 4.39 Å². The van der Waals surface area contributed by atoms with Crippen LogP contribution in [0.3, 0.4) is 0 Å². The van der Waals surface area contributed by atoms with Gasteiger partial charge in [0.25, 0.3) is 0 Å². The molecule has 2 rings (SSSR count). The lowest BCUT2D eigenvalue weighted by Crippen LogP contribution is -2.06. The van der Waals surface area contributed by atoms with Gasteiger partial charge in [0.15, 0.2) is 11.6 Å². The van der Waals surface area contributed by atoms with Crippen molar-refractivity contribution in [1.82, 2.24) is 0 Å². The quantitative estimate of drug-likeness (QED) is 0.920. The lowest BCUT2D eigenvalue weighted by atomic mass is 9.93. The van der Waals surface area contributed by atoms with E-state index in [9.17, 15) is 9.50 Å². The molecule has 0 aliphatic rings. The van der Waals surface area contributed by atoms with Crippen molar-refractivity contribution in [2.45, 2.75) is 33.3 Å². The first-order chi connectivity index (χ1) is 9.92. The zero-order chi connectivity index (χ0) is 15.6. The van der Waals surface area contributed by atoms with Crippen molar-refractivity contribution in [2.75, 3.05) is 7.11 Å². The zero-order valence-electron chi connectivity index (χ0n) is 12.9. The van der Waals surface area contributed by atoms with Crippen LogP contribution in [0.5, 0.6) is 5.75 Å². The van der Waals surface area contributed by atoms with E-state index in [0.717, 1.165) is 5.56 Å². The normalized spacial score (nSPS) is 12.3. The number of aliphatic hydroxyl groups is 1. The molecule has 0 amide bonds. The van der Waals surface area contributed by atoms with Gasteiger partial charge in [-0.3, -0.25) is 0 Å². The van der Waals surface area contributed by atoms with Gasteiger partial charge in [-0.15, -0.1) is 0 Å². The van der Waals surface area contributed by atoms with Crippen molar-refractivity contribution < 1.29 is 14.2 Å². The summed E-state index contributed by atoms with van der Waals surface area (Å²) in [5.74, 6) is -0.264. The Morgan fingerprint density at radius 1 is 1.10 bits per heavy atom. The van der Waals surface area contributed by atoms with Crippen LogP contribution in [0.1, 0.15) is 33.9 Å². The third-order valence-corrected chi connectivity index (χ3v) is 3.80. The molecular formula is C18H21FO2. The number of halogens is 1. The number of hydrogen-bond donors (Lipinski definition) is 1. The minimum Gasteiger partial charge on any atom is -0.494 e. The Bertz CT molecular complexity index is 627. The minimum atomic E-state index is -0.681. The second kappa shape index (κ2) is 6.27. The molecule has 0 fully saturated rings. The Morgan fingerprint density at radius 3 is 2.29 bits per heavy atom. The van der Waals surface area contributed by atoms with Crippen molar-refractivity contribution >= 4 is 0 Å². The summed E-state index contributed by atoms with van der Waals surface area (Å²) in [4.78, 5) is 0. The SMILES string of the molecule is COc1cc(C(O)Cc2c(C)cc(C)cc2C)ccc1F. The Labute approximate surface area is 125 Å². The summed E-state index contributed by atoms with van der Waals surface area (Å²) in [6, 6.07) is 8.70. The van der Waals surface area contributed by atoms with Gasteiger partial charge in [0.2, 0.25) is 0 Å². The molecule has 112 valence electrons. The third kappa shape index (κ3) is 3.42. The second-order valence-corrected chi connectivity index (χ2v) is 5.49. The average Bonchev–Trinajstić information content (AvgIpc) is 2.43. The first kappa shape index (κ1) is 15.5. The van der Waals surface area contributed by atoms with Crippen molar-refractivity contribution in [3.8, 4) is 5.75 Å². The van der Waals surface area contributed by atoms with E-state index in [0.29, 0.717) is 12.0 Å². The monoisotopic (exact) mass is 288 g/mol. The molecule has 21 heavy (non-hydrogen) atoms. The predicted molar refractivity (Wildman–Crippen MR) is 82.3 cm³/mol. The number of benzene rings is 2. The first-order valence-electron chi connectivity index (χ1n) is 7.00. The molecule has 0 saturated heterocycles. The van der Waals surface area contributed by atoms with E-state index in [4.69, 9.17) is 4.74 Å². The van der Waals surface area contributed by atoms with Crippen LogP contribution in [0.15, 0.2) is 30.3 Å². The second-order valence-electron chi connectivity index (χ2n) is 5.49. The van der Waals surface area contributed by atoms with E-state index in [1.54, 1.807) is 12.1 Å². The topological polar surface area (TPSA) is 29.5 Å². The van der Waals surface area contributed by atoms with E-state index >= 15 is 0 Å². The molecule has 0 aliphatic carbocycles. The van der Waals surface area contributed by atoms with Crippen LogP contribution in [0.4, 0.5) is 4.39 Å². The fourth-order valence-corrected chi connectivity index (χ4v) is 2.73. The van der Waals surface area contributed by atoms with Crippen molar-refractivity contribution in [3.05, 3.63) is 64.0 Å². The summed E-state index contributed by atoms with van der Waals surface area (Å²) in [7, 11) is 1.42. The van der Waals surface area contributed by atoms with Gasteiger partial charge in [-0.05, 0) is 55.2 Å². The van der Waals surface area contributed by atoms with E-state index in [-0.39, 0.29) is 5.75 Å². The molecule has 0 spiro atoms. The first-order valence-corrected chi connectivity index (χ1v) is 7.00. The van der Waals surface area contributed by atoms with E-state index in [1.807, 2.05) is 13.8 Å². The minimum absolute atomic E-state index is 0.156. The Hall–Kier alpha value is -1.87. The average molecular weight is 288 g/mol. The number of aryl methyl sites for hydroxylation is 3. The van der Waals surface area contributed by atoms with E-state index in [2.05, 4.69) is 19.1 Å². The van der Waals surface area contributed by atoms with Crippen LogP contribution in [-0.2, 0) is 6.42 Å². The van der Waals surface area contributed by atoms with E-state index in [1.165, 1.54) is 29.9 Å². The molecule has 2 aromatic carbocycles. The number of aliphatic hydroxyl groups excluding tert-OH is 1. The lowest BCUT2D eigenvalue weighted by Gasteiger charge is -2.17. The van der Waals surface area contributed by atoms with Gasteiger partial charge in [0.05, 0.1) is 13.2 Å². The fourth-order valence-electron chi connectivity index (χ4n) is 2.73. The highest BCUT2D eigenvalue weighted by Crippen LogP contribution is 2.27. The maximum Gasteiger partial charge on any atom is 0.165 e. The number of ether oxygens (including phenoxy) is 1. The summed E-state index contributed by atoms with van der Waals surface area (Å²) in [5, 5.41) is 10.4. The van der Waals surface area contributed by atoms with Gasteiger partial charge in [-0.1, -0.05) is 23.8 Å². The molecule has 0 aromatic heterocycles. The molecule has 2 nitrogen and oxygen atoms in total. The molecular weight excluding hydrogens is 267 g/mol. The molecule has 2 aromatic rings. The Morgan fingerprint density at radius 2 is 1.71 bits per heavy atom. The Balaban J connectivity index is 2.28. The lowest BCUT2D eigenvalue weighted by molar-refractivity contribution is 0.177. The molecule has 0 heterocycles. The molecule has 1 atom stereocenters. The summed E-state index contributed by atoms with van der Waals surface area (Å²) in [6.07, 6.45) is -0.174. The number of rotatable bonds is 4. The molecule has 1 N–H and O–H groups in total. The largest absolute Gasteiger partial charge is 0.494 e. The van der Waals surface area contributed by atoms with Gasteiger partial charge in [0, 0.05) is 6.42 Å². The van der Waals surface area contributed by atoms with Crippen molar-refractivity contribution in [3.63, 3.8) is 0 Å². The van der Waals surface area contributed by atoms with Gasteiger partial charge in [-0.2, -0.15) is 0 Å². The summed E-state index contributed by atoms with van der Waals surface area (Å²) >= 11 is 0. The smallest absolute Gasteiger partial charge is 0.165 e. The molecule has 3 heteroatoms. The van der Waals surface area contributed by atoms with Crippen LogP contribution < -0.4 is 4.74 Å². The molecule has 0 bridgehead atoms. The van der Waals surface area contributed by atoms with Crippen molar-refractivity contribution in [1.29, 1.82) is 0 Å². The van der Waals surface area contributed by atoms with Gasteiger partial charge in [0.1, 0.15) is 0 Å². The maximum absolute atomic E-state index is 13.4. The Kier molecular flexibility index (Phi) is 4.63. The molecule has 1 unspecified atom stereocenters. The third-order valence-electron chi connectivity index (χ3n) is 3.80. The highest BCUT2D eigenvalue weighted by atomic mass is 19.1. The standard InChI is InChI=1S/C18H21FO2/c1-11-7-12(2)15(13(3)8-11)10-17(20)14-5-6-16(19)18(9-14)21-4/h5-9,17,20H,10H2,1-4H3. The maximum atomic E-state index is 13.4. The summed E-state index contributed by atoms with van der Waals surface area (Å²) < 4.78 is 18.4. The molecule has 0 saturated carbocycles. The van der Waals surface area contributed by atoms with Crippen LogP contribution in [0.2, 0.25) is 0 Å². The van der Waals surface area contributed by atoms with Crippen LogP contribution >= 0.6 is 0 Å². The van der Waals surface area contributed by atoms with Gasteiger partial charge >= 0.3 is 0 Å². The van der Waals surface area contributed by atoms with Gasteiger partial charge < -0.3 is 9.84 Å². The fraction of sp³-hybridized carbons (Fsp3) is 0.333. The van der Waals surface area contributed by atoms with Crippen LogP contribution in [0.25, 0.3) is 0 Å². The van der Waals surface area contributed by atoms with E-state index < -0.39 is 11.9 Å².